The lowest BCUT2D eigenvalue weighted by Crippen LogP contribution is -2.48. The van der Waals surface area contributed by atoms with E-state index in [-0.39, 0.29) is 17.9 Å². The normalized spacial score (nSPS) is 22.2. The summed E-state index contributed by atoms with van der Waals surface area (Å²) in [5, 5.41) is 14.4. The predicted octanol–water partition coefficient (Wildman–Crippen LogP) is 2.22. The largest absolute Gasteiger partial charge is 0.481 e. The molecule has 1 saturated carbocycles. The first kappa shape index (κ1) is 17.3. The second kappa shape index (κ2) is 7.13. The summed E-state index contributed by atoms with van der Waals surface area (Å²) in [6.07, 6.45) is 2.90. The molecule has 1 aliphatic heterocycles. The van der Waals surface area contributed by atoms with Crippen LogP contribution in [-0.2, 0) is 4.79 Å². The van der Waals surface area contributed by atoms with Gasteiger partial charge in [-0.1, -0.05) is 12.1 Å². The number of hydrogen-bond acceptors (Lipinski definition) is 3. The molecule has 3 amide bonds. The first-order valence-electron chi connectivity index (χ1n) is 8.65. The number of carboxylic acids is 1. The Morgan fingerprint density at radius 3 is 2.48 bits per heavy atom. The molecule has 0 bridgehead atoms. The van der Waals surface area contributed by atoms with Crippen LogP contribution in [-0.4, -0.2) is 47.0 Å². The average Bonchev–Trinajstić information content (AvgIpc) is 3.04. The van der Waals surface area contributed by atoms with E-state index in [1.165, 1.54) is 0 Å². The Labute approximate surface area is 146 Å². The summed E-state index contributed by atoms with van der Waals surface area (Å²) >= 11 is 0. The Kier molecular flexibility index (Phi) is 4.92. The highest BCUT2D eigenvalue weighted by atomic mass is 16.4. The molecule has 0 spiro atoms. The van der Waals surface area contributed by atoms with Gasteiger partial charge in [0, 0.05) is 19.1 Å². The van der Waals surface area contributed by atoms with Crippen LogP contribution in [0.2, 0.25) is 0 Å². The fourth-order valence-corrected chi connectivity index (χ4v) is 3.42. The lowest BCUT2D eigenvalue weighted by atomic mass is 9.80. The molecule has 1 aromatic rings. The Bertz CT molecular complexity index is 692. The van der Waals surface area contributed by atoms with Crippen LogP contribution in [0.4, 0.5) is 10.5 Å². The van der Waals surface area contributed by atoms with Crippen molar-refractivity contribution in [2.24, 2.45) is 5.92 Å². The molecule has 2 aliphatic rings. The van der Waals surface area contributed by atoms with Crippen LogP contribution in [0.3, 0.4) is 0 Å². The van der Waals surface area contributed by atoms with Gasteiger partial charge in [-0.05, 0) is 44.2 Å². The van der Waals surface area contributed by atoms with E-state index < -0.39 is 12.0 Å². The molecular formula is C18H23N3O4. The van der Waals surface area contributed by atoms with Crippen molar-refractivity contribution in [2.75, 3.05) is 18.4 Å². The highest BCUT2D eigenvalue weighted by Crippen LogP contribution is 2.28. The minimum Gasteiger partial charge on any atom is -0.481 e. The van der Waals surface area contributed by atoms with Crippen molar-refractivity contribution < 1.29 is 19.5 Å². The van der Waals surface area contributed by atoms with Crippen LogP contribution in [0, 0.1) is 12.8 Å². The lowest BCUT2D eigenvalue weighted by Gasteiger charge is -2.32. The number of amides is 3. The Hall–Kier alpha value is -2.57. The number of likely N-dealkylation sites (tertiary alicyclic amines) is 1. The zero-order valence-electron chi connectivity index (χ0n) is 14.2. The highest BCUT2D eigenvalue weighted by Gasteiger charge is 2.35. The fourth-order valence-electron chi connectivity index (χ4n) is 3.42. The summed E-state index contributed by atoms with van der Waals surface area (Å²) in [4.78, 5) is 37.6. The number of rotatable bonds is 4. The van der Waals surface area contributed by atoms with Gasteiger partial charge in [-0.2, -0.15) is 0 Å². The molecular weight excluding hydrogens is 322 g/mol. The molecule has 1 heterocycles. The van der Waals surface area contributed by atoms with E-state index in [2.05, 4.69) is 10.6 Å². The smallest absolute Gasteiger partial charge is 0.319 e. The van der Waals surface area contributed by atoms with Gasteiger partial charge in [0.05, 0.1) is 17.2 Å². The zero-order chi connectivity index (χ0) is 18.0. The minimum absolute atomic E-state index is 0.0551. The van der Waals surface area contributed by atoms with E-state index in [1.807, 2.05) is 17.9 Å². The topological polar surface area (TPSA) is 98.7 Å². The highest BCUT2D eigenvalue weighted by molar-refractivity contribution is 6.04. The van der Waals surface area contributed by atoms with Gasteiger partial charge >= 0.3 is 12.0 Å². The molecule has 7 nitrogen and oxygen atoms in total. The Balaban J connectivity index is 1.66. The molecule has 2 fully saturated rings. The van der Waals surface area contributed by atoms with E-state index in [9.17, 15) is 14.4 Å². The van der Waals surface area contributed by atoms with Gasteiger partial charge in [0.25, 0.3) is 5.91 Å². The van der Waals surface area contributed by atoms with Crippen molar-refractivity contribution in [3.8, 4) is 0 Å². The number of hydrogen-bond donors (Lipinski definition) is 3. The van der Waals surface area contributed by atoms with Gasteiger partial charge < -0.3 is 20.6 Å². The summed E-state index contributed by atoms with van der Waals surface area (Å²) in [6.45, 7) is 3.35. The molecule has 1 saturated heterocycles. The quantitative estimate of drug-likeness (QED) is 0.779. The van der Waals surface area contributed by atoms with Crippen LogP contribution >= 0.6 is 0 Å². The molecule has 1 aliphatic carbocycles. The maximum atomic E-state index is 12.8. The monoisotopic (exact) mass is 345 g/mol. The summed E-state index contributed by atoms with van der Waals surface area (Å²) in [6, 6.07) is 4.83. The van der Waals surface area contributed by atoms with Crippen LogP contribution in [0.5, 0.6) is 0 Å². The van der Waals surface area contributed by atoms with Gasteiger partial charge in [-0.25, -0.2) is 4.79 Å². The first-order chi connectivity index (χ1) is 12.0. The number of aliphatic carboxylic acids is 1. The Morgan fingerprint density at radius 2 is 1.84 bits per heavy atom. The van der Waals surface area contributed by atoms with E-state index in [4.69, 9.17) is 5.11 Å². The molecule has 3 rings (SSSR count). The van der Waals surface area contributed by atoms with Crippen LogP contribution in [0.25, 0.3) is 0 Å². The number of carbonyl (C=O) groups is 3. The predicted molar refractivity (Wildman–Crippen MR) is 92.6 cm³/mol. The standard InChI is InChI=1S/C18H23N3O4/c1-11-5-4-6-14(15(11)16(22)21-7-2-3-8-21)20-18(25)19-13-9-12(10-13)17(23)24/h4-6,12-13H,2-3,7-10H2,1H3,(H,23,24)(H2,19,20,25). The van der Waals surface area contributed by atoms with E-state index in [1.54, 1.807) is 12.1 Å². The van der Waals surface area contributed by atoms with Crippen molar-refractivity contribution in [1.29, 1.82) is 0 Å². The van der Waals surface area contributed by atoms with Gasteiger partial charge in [-0.15, -0.1) is 0 Å². The number of benzene rings is 1. The third kappa shape index (κ3) is 3.75. The molecule has 0 aromatic heterocycles. The maximum absolute atomic E-state index is 12.8. The molecule has 134 valence electrons. The summed E-state index contributed by atoms with van der Waals surface area (Å²) < 4.78 is 0. The summed E-state index contributed by atoms with van der Waals surface area (Å²) in [5.41, 5.74) is 1.84. The van der Waals surface area contributed by atoms with Gasteiger partial charge in [0.15, 0.2) is 0 Å². The molecule has 0 atom stereocenters. The van der Waals surface area contributed by atoms with E-state index in [0.29, 0.717) is 24.1 Å². The second-order valence-electron chi connectivity index (χ2n) is 6.80. The minimum atomic E-state index is -0.823. The van der Waals surface area contributed by atoms with Gasteiger partial charge in [0.1, 0.15) is 0 Å². The van der Waals surface area contributed by atoms with Crippen molar-refractivity contribution in [2.45, 2.75) is 38.6 Å². The van der Waals surface area contributed by atoms with Crippen LogP contribution < -0.4 is 10.6 Å². The van der Waals surface area contributed by atoms with Crippen LogP contribution in [0.1, 0.15) is 41.6 Å². The van der Waals surface area contributed by atoms with Gasteiger partial charge in [-0.3, -0.25) is 9.59 Å². The summed E-state index contributed by atoms with van der Waals surface area (Å²) in [5.74, 6) is -1.26. The number of nitrogens with one attached hydrogen (secondary N) is 2. The lowest BCUT2D eigenvalue weighted by molar-refractivity contribution is -0.145. The average molecular weight is 345 g/mol. The van der Waals surface area contributed by atoms with Gasteiger partial charge in [0.2, 0.25) is 0 Å². The number of carboxylic acid groups (broad SMARTS) is 1. The van der Waals surface area contributed by atoms with Crippen LogP contribution in [0.15, 0.2) is 18.2 Å². The van der Waals surface area contributed by atoms with Crippen molar-refractivity contribution in [3.05, 3.63) is 29.3 Å². The molecule has 0 radical (unpaired) electrons. The third-order valence-corrected chi connectivity index (χ3v) is 4.95. The SMILES string of the molecule is Cc1cccc(NC(=O)NC2CC(C(=O)O)C2)c1C(=O)N1CCCC1. The fraction of sp³-hybridized carbons (Fsp3) is 0.500. The number of nitrogens with zero attached hydrogens (tertiary/aromatic N) is 1. The number of carbonyl (C=O) groups excluding carboxylic acids is 2. The van der Waals surface area contributed by atoms with Crippen molar-refractivity contribution in [1.82, 2.24) is 10.2 Å². The molecule has 3 N–H and O–H groups in total. The van der Waals surface area contributed by atoms with Crippen molar-refractivity contribution >= 4 is 23.6 Å². The van der Waals surface area contributed by atoms with E-state index in [0.717, 1.165) is 31.5 Å². The molecule has 0 unspecified atom stereocenters. The second-order valence-corrected chi connectivity index (χ2v) is 6.80. The zero-order valence-corrected chi connectivity index (χ0v) is 14.2. The third-order valence-electron chi connectivity index (χ3n) is 4.95. The Morgan fingerprint density at radius 1 is 1.16 bits per heavy atom. The van der Waals surface area contributed by atoms with Crippen molar-refractivity contribution in [3.63, 3.8) is 0 Å². The summed E-state index contributed by atoms with van der Waals surface area (Å²) in [7, 11) is 0. The number of aryl methyl sites for hydroxylation is 1. The number of anilines is 1. The first-order valence-corrected chi connectivity index (χ1v) is 8.65. The molecule has 1 aromatic carbocycles. The van der Waals surface area contributed by atoms with E-state index >= 15 is 0 Å². The number of urea groups is 1. The molecule has 25 heavy (non-hydrogen) atoms. The maximum Gasteiger partial charge on any atom is 0.319 e. The molecule has 7 heteroatoms.